The number of unbranched alkanes of at least 4 members (excludes halogenated alkanes) is 5. The topological polar surface area (TPSA) is 63.2 Å². The first kappa shape index (κ1) is 16.3. The van der Waals surface area contributed by atoms with Crippen molar-refractivity contribution in [2.45, 2.75) is 51.9 Å². The minimum Gasteiger partial charge on any atom is -0.267 e. The van der Waals surface area contributed by atoms with E-state index in [2.05, 4.69) is 6.92 Å². The van der Waals surface area contributed by atoms with E-state index in [-0.39, 0.29) is 5.75 Å². The second kappa shape index (κ2) is 8.38. The Balaban J connectivity index is 3.76. The number of rotatable bonds is 9. The van der Waals surface area contributed by atoms with Crippen LogP contribution in [-0.4, -0.2) is 26.5 Å². The van der Waals surface area contributed by atoms with Gasteiger partial charge in [0.25, 0.3) is 0 Å². The molecule has 0 aliphatic rings. The number of alkyl halides is 2. The Hall–Kier alpha value is -0.720. The normalized spacial score (nSPS) is 11.8. The van der Waals surface area contributed by atoms with Gasteiger partial charge in [0.1, 0.15) is 0 Å². The first-order valence-electron chi connectivity index (χ1n) is 5.71. The van der Waals surface area contributed by atoms with E-state index in [1.54, 1.807) is 0 Å². The molecule has 0 spiro atoms. The van der Waals surface area contributed by atoms with Crippen LogP contribution in [0.1, 0.15) is 45.4 Å². The molecule has 0 radical (unpaired) electrons. The molecule has 1 N–H and O–H groups in total. The van der Waals surface area contributed by atoms with Gasteiger partial charge in [0, 0.05) is 0 Å². The van der Waals surface area contributed by atoms with Crippen molar-refractivity contribution in [3.05, 3.63) is 0 Å². The third kappa shape index (κ3) is 9.02. The van der Waals surface area contributed by atoms with Crippen LogP contribution in [0.3, 0.4) is 0 Å². The van der Waals surface area contributed by atoms with Crippen LogP contribution < -0.4 is 4.72 Å². The Morgan fingerprint density at radius 2 is 1.65 bits per heavy atom. The molecule has 0 saturated carbocycles. The highest BCUT2D eigenvalue weighted by atomic mass is 32.2. The van der Waals surface area contributed by atoms with Gasteiger partial charge in [0.15, 0.2) is 0 Å². The van der Waals surface area contributed by atoms with Crippen LogP contribution in [0.25, 0.3) is 0 Å². The third-order valence-corrected chi connectivity index (χ3v) is 3.56. The van der Waals surface area contributed by atoms with E-state index in [9.17, 15) is 22.0 Å². The zero-order valence-corrected chi connectivity index (χ0v) is 10.7. The van der Waals surface area contributed by atoms with Crippen molar-refractivity contribution in [1.82, 2.24) is 4.72 Å². The number of nitrogens with one attached hydrogen (secondary N) is 1. The van der Waals surface area contributed by atoms with Crippen LogP contribution in [0.4, 0.5) is 8.78 Å². The molecule has 0 bridgehead atoms. The average molecular weight is 271 g/mol. The molecule has 1 amide bonds. The fourth-order valence-corrected chi connectivity index (χ4v) is 2.40. The number of hydrogen-bond acceptors (Lipinski definition) is 3. The van der Waals surface area contributed by atoms with Crippen molar-refractivity contribution >= 4 is 15.9 Å². The average Bonchev–Trinajstić information content (AvgIpc) is 2.22. The van der Waals surface area contributed by atoms with Gasteiger partial charge in [-0.1, -0.05) is 39.0 Å². The highest BCUT2D eigenvalue weighted by Crippen LogP contribution is 2.06. The van der Waals surface area contributed by atoms with Crippen LogP contribution in [-0.2, 0) is 14.8 Å². The first-order valence-corrected chi connectivity index (χ1v) is 7.36. The van der Waals surface area contributed by atoms with E-state index in [1.807, 2.05) is 0 Å². The molecule has 7 heteroatoms. The molecular formula is C10H19F2NO3S. The van der Waals surface area contributed by atoms with Crippen molar-refractivity contribution in [1.29, 1.82) is 0 Å². The summed E-state index contributed by atoms with van der Waals surface area (Å²) >= 11 is 0. The molecule has 0 aliphatic carbocycles. The molecule has 4 nitrogen and oxygen atoms in total. The number of hydrogen-bond donors (Lipinski definition) is 1. The van der Waals surface area contributed by atoms with Gasteiger partial charge in [-0.15, -0.1) is 0 Å². The predicted molar refractivity (Wildman–Crippen MR) is 61.3 cm³/mol. The lowest BCUT2D eigenvalue weighted by atomic mass is 10.1. The van der Waals surface area contributed by atoms with E-state index in [0.717, 1.165) is 32.1 Å². The Kier molecular flexibility index (Phi) is 8.03. The summed E-state index contributed by atoms with van der Waals surface area (Å²) in [5.74, 6) is -2.03. The maximum Gasteiger partial charge on any atom is 0.316 e. The Morgan fingerprint density at radius 3 is 2.18 bits per heavy atom. The molecule has 0 aromatic heterocycles. The first-order chi connectivity index (χ1) is 7.89. The van der Waals surface area contributed by atoms with E-state index < -0.39 is 22.4 Å². The van der Waals surface area contributed by atoms with Crippen LogP contribution in [0.5, 0.6) is 0 Å². The molecule has 0 aromatic carbocycles. The second-order valence-corrected chi connectivity index (χ2v) is 5.70. The third-order valence-electron chi connectivity index (χ3n) is 2.22. The van der Waals surface area contributed by atoms with Gasteiger partial charge < -0.3 is 0 Å². The van der Waals surface area contributed by atoms with Gasteiger partial charge in [0.2, 0.25) is 10.0 Å². The zero-order chi connectivity index (χ0) is 13.3. The monoisotopic (exact) mass is 271 g/mol. The van der Waals surface area contributed by atoms with E-state index >= 15 is 0 Å². The zero-order valence-electron chi connectivity index (χ0n) is 9.92. The standard InChI is InChI=1S/C10H19F2NO3S/c1-2-3-4-5-6-7-8-17(15,16)13-10(14)9(11)12/h9H,2-8H2,1H3,(H,13,14). The minimum absolute atomic E-state index is 0.280. The van der Waals surface area contributed by atoms with Gasteiger partial charge in [-0.2, -0.15) is 8.78 Å². The fourth-order valence-electron chi connectivity index (χ4n) is 1.32. The van der Waals surface area contributed by atoms with Crippen LogP contribution in [0.15, 0.2) is 0 Å². The van der Waals surface area contributed by atoms with Gasteiger partial charge in [-0.25, -0.2) is 13.1 Å². The van der Waals surface area contributed by atoms with Crippen molar-refractivity contribution in [3.63, 3.8) is 0 Å². The summed E-state index contributed by atoms with van der Waals surface area (Å²) in [5.41, 5.74) is 0. The molecule has 0 aromatic rings. The largest absolute Gasteiger partial charge is 0.316 e. The maximum atomic E-state index is 11.8. The van der Waals surface area contributed by atoms with E-state index in [1.165, 1.54) is 4.72 Å². The second-order valence-electron chi connectivity index (χ2n) is 3.85. The lowest BCUT2D eigenvalue weighted by Crippen LogP contribution is -2.36. The van der Waals surface area contributed by atoms with Gasteiger partial charge in [-0.05, 0) is 6.42 Å². The summed E-state index contributed by atoms with van der Waals surface area (Å²) in [6.07, 6.45) is 1.98. The molecule has 102 valence electrons. The Labute approximate surface area is 101 Å². The predicted octanol–water partition coefficient (Wildman–Crippen LogP) is 2.06. The highest BCUT2D eigenvalue weighted by Gasteiger charge is 2.21. The summed E-state index contributed by atoms with van der Waals surface area (Å²) < 4.78 is 47.3. The van der Waals surface area contributed by atoms with Crippen LogP contribution in [0, 0.1) is 0 Å². The molecule has 0 rings (SSSR count). The van der Waals surface area contributed by atoms with Gasteiger partial charge >= 0.3 is 12.3 Å². The van der Waals surface area contributed by atoms with Crippen LogP contribution >= 0.6 is 0 Å². The molecule has 0 unspecified atom stereocenters. The summed E-state index contributed by atoms with van der Waals surface area (Å²) in [4.78, 5) is 10.5. The fraction of sp³-hybridized carbons (Fsp3) is 0.900. The smallest absolute Gasteiger partial charge is 0.267 e. The summed E-state index contributed by atoms with van der Waals surface area (Å²) in [7, 11) is -3.90. The summed E-state index contributed by atoms with van der Waals surface area (Å²) in [6.45, 7) is 2.07. The van der Waals surface area contributed by atoms with Crippen molar-refractivity contribution in [3.8, 4) is 0 Å². The molecule has 0 aliphatic heterocycles. The maximum absolute atomic E-state index is 11.8. The molecule has 0 heterocycles. The number of halogens is 2. The van der Waals surface area contributed by atoms with Gasteiger partial charge in [-0.3, -0.25) is 4.79 Å². The lowest BCUT2D eigenvalue weighted by molar-refractivity contribution is -0.129. The van der Waals surface area contributed by atoms with E-state index in [4.69, 9.17) is 0 Å². The number of amides is 1. The molecule has 17 heavy (non-hydrogen) atoms. The van der Waals surface area contributed by atoms with Crippen molar-refractivity contribution < 1.29 is 22.0 Å². The highest BCUT2D eigenvalue weighted by molar-refractivity contribution is 7.90. The lowest BCUT2D eigenvalue weighted by Gasteiger charge is -2.05. The molecule has 0 atom stereocenters. The summed E-state index contributed by atoms with van der Waals surface area (Å²) in [5, 5.41) is 0. The molecule has 0 fully saturated rings. The minimum atomic E-state index is -3.90. The number of carbonyl (C=O) groups excluding carboxylic acids is 1. The summed E-state index contributed by atoms with van der Waals surface area (Å²) in [6, 6.07) is 0. The Bertz CT molecular complexity index is 318. The SMILES string of the molecule is CCCCCCCCS(=O)(=O)NC(=O)C(F)F. The van der Waals surface area contributed by atoms with E-state index in [0.29, 0.717) is 6.42 Å². The molecular weight excluding hydrogens is 252 g/mol. The van der Waals surface area contributed by atoms with Crippen molar-refractivity contribution in [2.75, 3.05) is 5.75 Å². The number of carbonyl (C=O) groups is 1. The number of sulfonamides is 1. The van der Waals surface area contributed by atoms with Gasteiger partial charge in [0.05, 0.1) is 5.75 Å². The Morgan fingerprint density at radius 1 is 1.12 bits per heavy atom. The van der Waals surface area contributed by atoms with Crippen LogP contribution in [0.2, 0.25) is 0 Å². The quantitative estimate of drug-likeness (QED) is 0.653. The molecule has 0 saturated heterocycles. The van der Waals surface area contributed by atoms with Crippen molar-refractivity contribution in [2.24, 2.45) is 0 Å².